The molecule has 146 valence electrons. The summed E-state index contributed by atoms with van der Waals surface area (Å²) in [5.74, 6) is 0.756. The van der Waals surface area contributed by atoms with Crippen LogP contribution in [-0.2, 0) is 0 Å². The Morgan fingerprint density at radius 3 is 2.03 bits per heavy atom. The highest BCUT2D eigenvalue weighted by atomic mass is 14.9. The molecule has 0 fully saturated rings. The summed E-state index contributed by atoms with van der Waals surface area (Å²) in [4.78, 5) is 10.1. The molecule has 0 saturated heterocycles. The van der Waals surface area contributed by atoms with Crippen molar-refractivity contribution in [1.82, 2.24) is 9.97 Å². The topological polar surface area (TPSA) is 25.8 Å². The van der Waals surface area contributed by atoms with Gasteiger partial charge in [-0.3, -0.25) is 0 Å². The first-order chi connectivity index (χ1) is 15.3. The zero-order valence-electron chi connectivity index (χ0n) is 17.2. The molecule has 0 spiro atoms. The number of hydrogen-bond donors (Lipinski definition) is 0. The number of hydrogen-bond acceptors (Lipinski definition) is 2. The Balaban J connectivity index is 1.70. The molecule has 0 bridgehead atoms. The van der Waals surface area contributed by atoms with Crippen LogP contribution in [0.5, 0.6) is 0 Å². The zero-order valence-corrected chi connectivity index (χ0v) is 17.2. The lowest BCUT2D eigenvalue weighted by Gasteiger charge is -2.12. The van der Waals surface area contributed by atoms with Gasteiger partial charge in [-0.15, -0.1) is 0 Å². The second kappa shape index (κ2) is 7.03. The van der Waals surface area contributed by atoms with Crippen LogP contribution in [0.3, 0.4) is 0 Å². The number of fused-ring (bicyclic) bond motifs is 4. The molecule has 0 radical (unpaired) electrons. The molecule has 0 aliphatic rings. The minimum Gasteiger partial charge on any atom is -0.227 e. The second-order valence-corrected chi connectivity index (χ2v) is 8.01. The molecule has 0 atom stereocenters. The summed E-state index contributed by atoms with van der Waals surface area (Å²) >= 11 is 0. The van der Waals surface area contributed by atoms with Crippen LogP contribution in [-0.4, -0.2) is 9.97 Å². The first-order valence-electron chi connectivity index (χ1n) is 10.5. The van der Waals surface area contributed by atoms with Crippen molar-refractivity contribution < 1.29 is 0 Å². The molecule has 2 heteroatoms. The molecule has 0 N–H and O–H groups in total. The van der Waals surface area contributed by atoms with Crippen molar-refractivity contribution in [2.75, 3.05) is 0 Å². The fourth-order valence-electron chi connectivity index (χ4n) is 4.25. The Bertz CT molecular complexity index is 1580. The van der Waals surface area contributed by atoms with E-state index in [0.717, 1.165) is 38.9 Å². The molecule has 0 aliphatic carbocycles. The van der Waals surface area contributed by atoms with Gasteiger partial charge in [0, 0.05) is 21.9 Å². The third-order valence-corrected chi connectivity index (χ3v) is 5.92. The van der Waals surface area contributed by atoms with Crippen molar-refractivity contribution in [3.63, 3.8) is 0 Å². The Labute approximate surface area is 180 Å². The average molecular weight is 396 g/mol. The van der Waals surface area contributed by atoms with E-state index in [9.17, 15) is 0 Å². The van der Waals surface area contributed by atoms with E-state index in [1.807, 2.05) is 0 Å². The molecule has 0 saturated carbocycles. The van der Waals surface area contributed by atoms with Crippen molar-refractivity contribution in [1.29, 1.82) is 0 Å². The Morgan fingerprint density at radius 2 is 1.19 bits per heavy atom. The fourth-order valence-corrected chi connectivity index (χ4v) is 4.25. The lowest BCUT2D eigenvalue weighted by molar-refractivity contribution is 1.23. The van der Waals surface area contributed by atoms with E-state index in [1.165, 1.54) is 21.7 Å². The van der Waals surface area contributed by atoms with Crippen LogP contribution >= 0.6 is 0 Å². The highest BCUT2D eigenvalue weighted by molar-refractivity contribution is 6.10. The summed E-state index contributed by atoms with van der Waals surface area (Å²) in [7, 11) is 0. The van der Waals surface area contributed by atoms with E-state index in [2.05, 4.69) is 110 Å². The van der Waals surface area contributed by atoms with Gasteiger partial charge in [0.2, 0.25) is 0 Å². The van der Waals surface area contributed by atoms with Gasteiger partial charge in [-0.25, -0.2) is 9.97 Å². The minimum atomic E-state index is 0.756. The maximum absolute atomic E-state index is 5.07. The Kier molecular flexibility index (Phi) is 4.03. The lowest BCUT2D eigenvalue weighted by atomic mass is 9.99. The van der Waals surface area contributed by atoms with Gasteiger partial charge in [0.15, 0.2) is 5.82 Å². The van der Waals surface area contributed by atoms with Gasteiger partial charge in [0.05, 0.1) is 11.2 Å². The quantitative estimate of drug-likeness (QED) is 0.282. The largest absolute Gasteiger partial charge is 0.227 e. The molecule has 5 aromatic carbocycles. The van der Waals surface area contributed by atoms with Crippen LogP contribution in [0.25, 0.3) is 55.1 Å². The summed E-state index contributed by atoms with van der Waals surface area (Å²) in [6.45, 7) is 2.10. The van der Waals surface area contributed by atoms with Crippen molar-refractivity contribution in [2.24, 2.45) is 0 Å². The Hall–Kier alpha value is -4.04. The Morgan fingerprint density at radius 1 is 0.516 bits per heavy atom. The number of rotatable bonds is 2. The molecule has 0 aliphatic heterocycles. The number of aryl methyl sites for hydroxylation is 1. The summed E-state index contributed by atoms with van der Waals surface area (Å²) in [6.07, 6.45) is 0. The van der Waals surface area contributed by atoms with E-state index in [-0.39, 0.29) is 0 Å². The average Bonchev–Trinajstić information content (AvgIpc) is 2.83. The number of benzene rings is 5. The van der Waals surface area contributed by atoms with Gasteiger partial charge in [0.1, 0.15) is 0 Å². The standard InChI is InChI=1S/C29H20N2/c1-19-10-12-22(13-11-19)29-30-27(24-15-14-20-6-2-3-8-23(20)18-24)26-17-16-21-7-4-5-9-25(21)28(26)31-29/h2-18H,1H3. The van der Waals surface area contributed by atoms with Gasteiger partial charge in [-0.1, -0.05) is 96.6 Å². The second-order valence-electron chi connectivity index (χ2n) is 8.01. The highest BCUT2D eigenvalue weighted by Crippen LogP contribution is 2.34. The molecule has 6 aromatic rings. The molecule has 0 amide bonds. The first kappa shape index (κ1) is 17.8. The molecule has 1 aromatic heterocycles. The molecule has 2 nitrogen and oxygen atoms in total. The van der Waals surface area contributed by atoms with Crippen molar-refractivity contribution >= 4 is 32.4 Å². The third-order valence-electron chi connectivity index (χ3n) is 5.92. The van der Waals surface area contributed by atoms with Crippen LogP contribution < -0.4 is 0 Å². The maximum Gasteiger partial charge on any atom is 0.160 e. The SMILES string of the molecule is Cc1ccc(-c2nc(-c3ccc4ccccc4c3)c3ccc4ccccc4c3n2)cc1. The highest BCUT2D eigenvalue weighted by Gasteiger charge is 2.14. The van der Waals surface area contributed by atoms with Crippen LogP contribution in [0, 0.1) is 6.92 Å². The van der Waals surface area contributed by atoms with E-state index in [0.29, 0.717) is 0 Å². The smallest absolute Gasteiger partial charge is 0.160 e. The van der Waals surface area contributed by atoms with E-state index in [4.69, 9.17) is 9.97 Å². The molecular formula is C29H20N2. The van der Waals surface area contributed by atoms with E-state index >= 15 is 0 Å². The predicted octanol–water partition coefficient (Wildman–Crippen LogP) is 7.58. The maximum atomic E-state index is 5.07. The molecule has 0 unspecified atom stereocenters. The predicted molar refractivity (Wildman–Crippen MR) is 130 cm³/mol. The summed E-state index contributed by atoms with van der Waals surface area (Å²) in [5, 5.41) is 5.86. The van der Waals surface area contributed by atoms with Crippen LogP contribution in [0.4, 0.5) is 0 Å². The van der Waals surface area contributed by atoms with Gasteiger partial charge in [-0.2, -0.15) is 0 Å². The first-order valence-corrected chi connectivity index (χ1v) is 10.5. The van der Waals surface area contributed by atoms with Crippen LogP contribution in [0.15, 0.2) is 103 Å². The van der Waals surface area contributed by atoms with Gasteiger partial charge >= 0.3 is 0 Å². The lowest BCUT2D eigenvalue weighted by Crippen LogP contribution is -1.96. The molecular weight excluding hydrogens is 376 g/mol. The van der Waals surface area contributed by atoms with Crippen molar-refractivity contribution in [3.05, 3.63) is 109 Å². The van der Waals surface area contributed by atoms with Crippen molar-refractivity contribution in [2.45, 2.75) is 6.92 Å². The molecule has 31 heavy (non-hydrogen) atoms. The minimum absolute atomic E-state index is 0.756. The fraction of sp³-hybridized carbons (Fsp3) is 0.0345. The van der Waals surface area contributed by atoms with Gasteiger partial charge in [0.25, 0.3) is 0 Å². The summed E-state index contributed by atoms with van der Waals surface area (Å²) < 4.78 is 0. The van der Waals surface area contributed by atoms with Gasteiger partial charge < -0.3 is 0 Å². The van der Waals surface area contributed by atoms with E-state index in [1.54, 1.807) is 0 Å². The molecule has 1 heterocycles. The van der Waals surface area contributed by atoms with Crippen LogP contribution in [0.1, 0.15) is 5.56 Å². The van der Waals surface area contributed by atoms with Crippen LogP contribution in [0.2, 0.25) is 0 Å². The third kappa shape index (κ3) is 3.04. The summed E-state index contributed by atoms with van der Waals surface area (Å²) in [6, 6.07) is 36.2. The van der Waals surface area contributed by atoms with E-state index < -0.39 is 0 Å². The number of aromatic nitrogens is 2. The number of nitrogens with zero attached hydrogens (tertiary/aromatic N) is 2. The molecule has 6 rings (SSSR count). The normalized spacial score (nSPS) is 11.4. The monoisotopic (exact) mass is 396 g/mol. The van der Waals surface area contributed by atoms with Crippen molar-refractivity contribution in [3.8, 4) is 22.6 Å². The van der Waals surface area contributed by atoms with Gasteiger partial charge in [-0.05, 0) is 35.2 Å². The zero-order chi connectivity index (χ0) is 20.8. The summed E-state index contributed by atoms with van der Waals surface area (Å²) in [5.41, 5.74) is 5.32.